The lowest BCUT2D eigenvalue weighted by atomic mass is 9.84. The van der Waals surface area contributed by atoms with Crippen LogP contribution < -0.4 is 16.5 Å². The molecule has 1 aliphatic heterocycles. The highest BCUT2D eigenvalue weighted by Crippen LogP contribution is 2.35. The third kappa shape index (κ3) is 5.67. The summed E-state index contributed by atoms with van der Waals surface area (Å²) in [5.41, 5.74) is 15.4. The van der Waals surface area contributed by atoms with Gasteiger partial charge < -0.3 is 16.6 Å². The number of hydrogen-bond donors (Lipinski definition) is 3. The fourth-order valence-corrected chi connectivity index (χ4v) is 5.06. The number of carbonyl (C=O) groups excluding carboxylic acids is 3. The molecule has 3 aromatic rings. The maximum Gasteiger partial charge on any atom is 0.273 e. The van der Waals surface area contributed by atoms with Gasteiger partial charge in [0, 0.05) is 36.8 Å². The van der Waals surface area contributed by atoms with Crippen LogP contribution in [0.15, 0.2) is 60.8 Å². The van der Waals surface area contributed by atoms with Crippen molar-refractivity contribution in [2.75, 3.05) is 12.1 Å². The van der Waals surface area contributed by atoms with Crippen molar-refractivity contribution in [1.29, 1.82) is 0 Å². The molecule has 0 aliphatic carbocycles. The summed E-state index contributed by atoms with van der Waals surface area (Å²) >= 11 is 0. The van der Waals surface area contributed by atoms with Crippen LogP contribution in [0.2, 0.25) is 0 Å². The molecule has 2 amide bonds. The summed E-state index contributed by atoms with van der Waals surface area (Å²) in [6.45, 7) is 5.30. The van der Waals surface area contributed by atoms with Gasteiger partial charge in [-0.3, -0.25) is 14.4 Å². The van der Waals surface area contributed by atoms with E-state index in [1.807, 2.05) is 44.2 Å². The Kier molecular flexibility index (Phi) is 8.78. The fourth-order valence-electron chi connectivity index (χ4n) is 5.06. The molecule has 210 valence electrons. The van der Waals surface area contributed by atoms with Gasteiger partial charge in [-0.15, -0.1) is 0 Å². The molecule has 3 atom stereocenters. The number of carbonyl (C=O) groups is 3. The van der Waals surface area contributed by atoms with Crippen LogP contribution in [0.1, 0.15) is 71.5 Å². The van der Waals surface area contributed by atoms with E-state index in [9.17, 15) is 19.5 Å². The lowest BCUT2D eigenvalue weighted by Gasteiger charge is -2.32. The number of anilines is 1. The Morgan fingerprint density at radius 1 is 1.07 bits per heavy atom. The van der Waals surface area contributed by atoms with E-state index in [0.717, 1.165) is 5.56 Å². The van der Waals surface area contributed by atoms with E-state index in [-0.39, 0.29) is 41.6 Å². The van der Waals surface area contributed by atoms with Crippen LogP contribution in [0.4, 0.5) is 5.82 Å². The first-order valence-electron chi connectivity index (χ1n) is 13.5. The Morgan fingerprint density at radius 2 is 1.77 bits per heavy atom. The first kappa shape index (κ1) is 29.1. The summed E-state index contributed by atoms with van der Waals surface area (Å²) in [6, 6.07) is 15.0. The quantitative estimate of drug-likeness (QED) is 0.368. The first-order valence-corrected chi connectivity index (χ1v) is 13.5. The molecular formula is C31H37N5O4. The average molecular weight is 544 g/mol. The van der Waals surface area contributed by atoms with Crippen molar-refractivity contribution in [3.63, 3.8) is 0 Å². The van der Waals surface area contributed by atoms with Crippen LogP contribution in [-0.2, 0) is 11.2 Å². The second kappa shape index (κ2) is 12.1. The third-order valence-electron chi connectivity index (χ3n) is 7.29. The number of Topliss-reactive ketones (excluding diaryl/α,β-unsaturated/α-hetero) is 1. The number of hydrazine groups is 1. The van der Waals surface area contributed by atoms with Crippen LogP contribution in [0.5, 0.6) is 0 Å². The summed E-state index contributed by atoms with van der Waals surface area (Å²) < 4.78 is 0. The highest BCUT2D eigenvalue weighted by atomic mass is 16.3. The minimum atomic E-state index is -0.879. The predicted molar refractivity (Wildman–Crippen MR) is 154 cm³/mol. The van der Waals surface area contributed by atoms with E-state index in [4.69, 9.17) is 11.5 Å². The molecule has 0 saturated carbocycles. The van der Waals surface area contributed by atoms with E-state index in [0.29, 0.717) is 23.1 Å². The van der Waals surface area contributed by atoms with Crippen molar-refractivity contribution < 1.29 is 19.5 Å². The van der Waals surface area contributed by atoms with E-state index >= 15 is 0 Å². The number of pyridine rings is 1. The maximum absolute atomic E-state index is 14.6. The van der Waals surface area contributed by atoms with Gasteiger partial charge in [0.2, 0.25) is 5.91 Å². The van der Waals surface area contributed by atoms with Gasteiger partial charge in [0.1, 0.15) is 0 Å². The van der Waals surface area contributed by atoms with Gasteiger partial charge in [0.05, 0.1) is 17.7 Å². The van der Waals surface area contributed by atoms with Gasteiger partial charge in [-0.2, -0.15) is 5.01 Å². The Hall–Kier alpha value is -3.92. The molecule has 2 unspecified atom stereocenters. The zero-order valence-corrected chi connectivity index (χ0v) is 23.4. The highest BCUT2D eigenvalue weighted by molar-refractivity contribution is 6.15. The molecule has 2 heterocycles. The number of rotatable bonds is 8. The van der Waals surface area contributed by atoms with Crippen molar-refractivity contribution in [1.82, 2.24) is 9.99 Å². The summed E-state index contributed by atoms with van der Waals surface area (Å²) in [6.07, 6.45) is 1.45. The van der Waals surface area contributed by atoms with Crippen molar-refractivity contribution in [3.8, 4) is 11.1 Å². The fraction of sp³-hybridized carbons (Fsp3) is 0.355. The van der Waals surface area contributed by atoms with E-state index in [1.165, 1.54) is 17.1 Å². The summed E-state index contributed by atoms with van der Waals surface area (Å²) in [7, 11) is 1.49. The predicted octanol–water partition coefficient (Wildman–Crippen LogP) is 3.65. The topological polar surface area (TPSA) is 143 Å². The Morgan fingerprint density at radius 3 is 2.42 bits per heavy atom. The number of aromatic nitrogens is 1. The zero-order chi connectivity index (χ0) is 29.1. The molecule has 1 aliphatic rings. The van der Waals surface area contributed by atoms with Crippen LogP contribution in [-0.4, -0.2) is 51.9 Å². The van der Waals surface area contributed by atoms with Gasteiger partial charge >= 0.3 is 0 Å². The van der Waals surface area contributed by atoms with Gasteiger partial charge in [-0.1, -0.05) is 62.4 Å². The van der Waals surface area contributed by atoms with Gasteiger partial charge in [-0.25, -0.2) is 9.99 Å². The number of ketones is 1. The highest BCUT2D eigenvalue weighted by Gasteiger charge is 2.36. The van der Waals surface area contributed by atoms with Crippen LogP contribution in [0, 0.1) is 5.92 Å². The number of hydrogen-bond acceptors (Lipinski definition) is 7. The lowest BCUT2D eigenvalue weighted by Crippen LogP contribution is -2.49. The zero-order valence-electron chi connectivity index (χ0n) is 23.4. The van der Waals surface area contributed by atoms with Gasteiger partial charge in [0.25, 0.3) is 5.91 Å². The molecule has 0 bridgehead atoms. The molecular weight excluding hydrogens is 506 g/mol. The number of amides is 2. The molecule has 0 spiro atoms. The minimum Gasteiger partial charge on any atom is -0.393 e. The minimum absolute atomic E-state index is 0.117. The lowest BCUT2D eigenvalue weighted by molar-refractivity contribution is -0.120. The summed E-state index contributed by atoms with van der Waals surface area (Å²) in [5, 5.41) is 12.7. The summed E-state index contributed by atoms with van der Waals surface area (Å²) in [4.78, 5) is 46.3. The average Bonchev–Trinajstić information content (AvgIpc) is 3.07. The Bertz CT molecular complexity index is 1410. The number of benzene rings is 2. The second-order valence-electron chi connectivity index (χ2n) is 10.7. The van der Waals surface area contributed by atoms with Crippen LogP contribution >= 0.6 is 0 Å². The number of aliphatic hydroxyl groups excluding tert-OH is 1. The molecule has 0 fully saturated rings. The maximum atomic E-state index is 14.6. The second-order valence-corrected chi connectivity index (χ2v) is 10.7. The van der Waals surface area contributed by atoms with E-state index in [1.54, 1.807) is 37.4 Å². The Balaban J connectivity index is 1.97. The molecule has 5 N–H and O–H groups in total. The van der Waals surface area contributed by atoms with Gasteiger partial charge in [-0.05, 0) is 48.4 Å². The first-order chi connectivity index (χ1) is 19.0. The van der Waals surface area contributed by atoms with Gasteiger partial charge in [0.15, 0.2) is 11.6 Å². The standard InChI is InChI=1S/C31H37N5O4/c1-18(2)28(33)29(39)26-21(17-19(3)37)12-13-22(20-9-6-5-7-10-20)27(26)31(40)35(4)36-25(38)15-14-24(32)23-11-8-16-34-30(23)36/h5-13,16,18-19,24,28,37H,14-15,17,32-33H2,1-4H3/t19-,24?,28?/m1/s1. The normalized spacial score (nSPS) is 16.8. The SMILES string of the molecule is CC(C)C(N)C(=O)c1c(C[C@@H](C)O)ccc(-c2ccccc2)c1C(=O)N(C)N1C(=O)CCC(N)c2cccnc21. The Labute approximate surface area is 234 Å². The molecule has 0 radical (unpaired) electrons. The number of nitrogens with two attached hydrogens (primary N) is 2. The molecule has 9 nitrogen and oxygen atoms in total. The third-order valence-corrected chi connectivity index (χ3v) is 7.29. The monoisotopic (exact) mass is 543 g/mol. The molecule has 4 rings (SSSR count). The molecule has 1 aromatic heterocycles. The number of nitrogens with zero attached hydrogens (tertiary/aromatic N) is 3. The largest absolute Gasteiger partial charge is 0.393 e. The smallest absolute Gasteiger partial charge is 0.273 e. The van der Waals surface area contributed by atoms with Crippen LogP contribution in [0.3, 0.4) is 0 Å². The molecule has 2 aromatic carbocycles. The van der Waals surface area contributed by atoms with E-state index < -0.39 is 29.9 Å². The number of aliphatic hydroxyl groups is 1. The molecule has 9 heteroatoms. The summed E-state index contributed by atoms with van der Waals surface area (Å²) in [5.74, 6) is -1.23. The molecule has 0 saturated heterocycles. The van der Waals surface area contributed by atoms with Crippen molar-refractivity contribution in [3.05, 3.63) is 83.0 Å². The number of fused-ring (bicyclic) bond motifs is 1. The van der Waals surface area contributed by atoms with E-state index in [2.05, 4.69) is 4.98 Å². The van der Waals surface area contributed by atoms with Crippen LogP contribution in [0.25, 0.3) is 11.1 Å². The van der Waals surface area contributed by atoms with Crippen molar-refractivity contribution in [2.45, 2.75) is 58.2 Å². The van der Waals surface area contributed by atoms with Crippen molar-refractivity contribution >= 4 is 23.4 Å². The molecule has 40 heavy (non-hydrogen) atoms. The van der Waals surface area contributed by atoms with Crippen molar-refractivity contribution in [2.24, 2.45) is 17.4 Å².